The molecular weight excluding hydrogens is 236 g/mol. The van der Waals surface area contributed by atoms with Crippen molar-refractivity contribution in [3.63, 3.8) is 0 Å². The lowest BCUT2D eigenvalue weighted by atomic mass is 10.1. The molecule has 1 fully saturated rings. The quantitative estimate of drug-likeness (QED) is 0.806. The second-order valence-corrected chi connectivity index (χ2v) is 5.86. The van der Waals surface area contributed by atoms with Crippen molar-refractivity contribution in [3.8, 4) is 0 Å². The molecule has 1 amide bonds. The van der Waals surface area contributed by atoms with Gasteiger partial charge in [0, 0.05) is 12.5 Å². The maximum Gasteiger partial charge on any atom is 0.240 e. The molecule has 2 rings (SSSR count). The molecular formula is C11H18N4OS. The van der Waals surface area contributed by atoms with Crippen LogP contribution in [0.1, 0.15) is 31.7 Å². The summed E-state index contributed by atoms with van der Waals surface area (Å²) >= 11 is 1.46. The molecule has 94 valence electrons. The van der Waals surface area contributed by atoms with Crippen molar-refractivity contribution >= 4 is 22.4 Å². The lowest BCUT2D eigenvalue weighted by Gasteiger charge is -2.01. The smallest absolute Gasteiger partial charge is 0.240 e. The van der Waals surface area contributed by atoms with E-state index in [1.807, 2.05) is 0 Å². The van der Waals surface area contributed by atoms with Gasteiger partial charge in [-0.3, -0.25) is 10.1 Å². The van der Waals surface area contributed by atoms with E-state index in [-0.39, 0.29) is 5.91 Å². The van der Waals surface area contributed by atoms with Gasteiger partial charge in [0.15, 0.2) is 0 Å². The third-order valence-electron chi connectivity index (χ3n) is 2.42. The van der Waals surface area contributed by atoms with Crippen LogP contribution in [0, 0.1) is 5.92 Å². The number of amides is 1. The summed E-state index contributed by atoms with van der Waals surface area (Å²) in [5.74, 6) is 0.521. The Morgan fingerprint density at radius 1 is 1.47 bits per heavy atom. The molecule has 2 N–H and O–H groups in total. The number of hydrogen-bond donors (Lipinski definition) is 2. The van der Waals surface area contributed by atoms with Gasteiger partial charge in [0.05, 0.1) is 6.54 Å². The number of nitrogens with zero attached hydrogens (tertiary/aromatic N) is 2. The topological polar surface area (TPSA) is 66.9 Å². The fourth-order valence-corrected chi connectivity index (χ4v) is 2.39. The SMILES string of the molecule is CC(C)Cc1nnc(NC(=O)CNC2CC2)s1. The molecule has 0 saturated heterocycles. The molecule has 0 aromatic carbocycles. The van der Waals surface area contributed by atoms with Crippen LogP contribution < -0.4 is 10.6 Å². The van der Waals surface area contributed by atoms with Crippen molar-refractivity contribution in [2.45, 2.75) is 39.2 Å². The highest BCUT2D eigenvalue weighted by molar-refractivity contribution is 7.15. The molecule has 1 aromatic rings. The van der Waals surface area contributed by atoms with Gasteiger partial charge in [-0.05, 0) is 18.8 Å². The molecule has 0 bridgehead atoms. The van der Waals surface area contributed by atoms with E-state index in [0.29, 0.717) is 23.6 Å². The number of hydrogen-bond acceptors (Lipinski definition) is 5. The van der Waals surface area contributed by atoms with Crippen LogP contribution >= 0.6 is 11.3 Å². The van der Waals surface area contributed by atoms with Crippen LogP contribution in [0.25, 0.3) is 0 Å². The Morgan fingerprint density at radius 3 is 2.88 bits per heavy atom. The number of anilines is 1. The number of carbonyl (C=O) groups excluding carboxylic acids is 1. The third-order valence-corrected chi connectivity index (χ3v) is 3.29. The van der Waals surface area contributed by atoms with Crippen molar-refractivity contribution in [2.24, 2.45) is 5.92 Å². The second kappa shape index (κ2) is 5.55. The molecule has 17 heavy (non-hydrogen) atoms. The molecule has 1 aliphatic carbocycles. The minimum Gasteiger partial charge on any atom is -0.306 e. The Hall–Kier alpha value is -1.01. The minimum absolute atomic E-state index is 0.0378. The highest BCUT2D eigenvalue weighted by Gasteiger charge is 2.21. The van der Waals surface area contributed by atoms with Gasteiger partial charge in [-0.1, -0.05) is 25.2 Å². The van der Waals surface area contributed by atoms with E-state index in [0.717, 1.165) is 11.4 Å². The normalized spacial score (nSPS) is 15.2. The Labute approximate surface area is 105 Å². The first-order chi connectivity index (χ1) is 8.13. The van der Waals surface area contributed by atoms with Gasteiger partial charge in [0.2, 0.25) is 11.0 Å². The van der Waals surface area contributed by atoms with Crippen molar-refractivity contribution < 1.29 is 4.79 Å². The molecule has 1 saturated carbocycles. The van der Waals surface area contributed by atoms with E-state index in [1.54, 1.807) is 0 Å². The van der Waals surface area contributed by atoms with Crippen molar-refractivity contribution in [1.29, 1.82) is 0 Å². The van der Waals surface area contributed by atoms with Crippen LogP contribution in [0.5, 0.6) is 0 Å². The van der Waals surface area contributed by atoms with E-state index >= 15 is 0 Å². The van der Waals surface area contributed by atoms with Gasteiger partial charge in [-0.15, -0.1) is 10.2 Å². The molecule has 0 radical (unpaired) electrons. The van der Waals surface area contributed by atoms with E-state index in [4.69, 9.17) is 0 Å². The van der Waals surface area contributed by atoms with Gasteiger partial charge < -0.3 is 5.32 Å². The Bertz CT molecular complexity index is 387. The molecule has 5 nitrogen and oxygen atoms in total. The summed E-state index contributed by atoms with van der Waals surface area (Å²) in [5.41, 5.74) is 0. The molecule has 0 aliphatic heterocycles. The molecule has 0 spiro atoms. The Balaban J connectivity index is 1.76. The zero-order valence-corrected chi connectivity index (χ0v) is 11.0. The number of rotatable bonds is 6. The first kappa shape index (κ1) is 12.4. The fourth-order valence-electron chi connectivity index (χ4n) is 1.42. The predicted molar refractivity (Wildman–Crippen MR) is 68.1 cm³/mol. The average Bonchev–Trinajstić information content (AvgIpc) is 2.98. The summed E-state index contributed by atoms with van der Waals surface area (Å²) in [6, 6.07) is 0.548. The molecule has 6 heteroatoms. The molecule has 1 heterocycles. The molecule has 0 unspecified atom stereocenters. The summed E-state index contributed by atoms with van der Waals surface area (Å²) in [6.07, 6.45) is 3.28. The number of nitrogens with one attached hydrogen (secondary N) is 2. The third kappa shape index (κ3) is 4.40. The van der Waals surface area contributed by atoms with Crippen LogP contribution in [0.2, 0.25) is 0 Å². The van der Waals surface area contributed by atoms with Crippen LogP contribution in [0.3, 0.4) is 0 Å². The summed E-state index contributed by atoms with van der Waals surface area (Å²) < 4.78 is 0. The minimum atomic E-state index is -0.0378. The largest absolute Gasteiger partial charge is 0.306 e. The van der Waals surface area contributed by atoms with Gasteiger partial charge in [-0.25, -0.2) is 0 Å². The summed E-state index contributed by atoms with van der Waals surface area (Å²) in [4.78, 5) is 11.5. The zero-order chi connectivity index (χ0) is 12.3. The second-order valence-electron chi connectivity index (χ2n) is 4.80. The van der Waals surface area contributed by atoms with Crippen molar-refractivity contribution in [3.05, 3.63) is 5.01 Å². The fraction of sp³-hybridized carbons (Fsp3) is 0.727. The first-order valence-electron chi connectivity index (χ1n) is 5.99. The van der Waals surface area contributed by atoms with Gasteiger partial charge >= 0.3 is 0 Å². The Kier molecular flexibility index (Phi) is 4.06. The van der Waals surface area contributed by atoms with Crippen LogP contribution in [-0.4, -0.2) is 28.7 Å². The van der Waals surface area contributed by atoms with Gasteiger partial charge in [0.1, 0.15) is 5.01 Å². The number of aromatic nitrogens is 2. The summed E-state index contributed by atoms with van der Waals surface area (Å²) in [5, 5.41) is 15.5. The molecule has 1 aromatic heterocycles. The van der Waals surface area contributed by atoms with Gasteiger partial charge in [0.25, 0.3) is 0 Å². The maximum absolute atomic E-state index is 11.5. The maximum atomic E-state index is 11.5. The van der Waals surface area contributed by atoms with E-state index in [1.165, 1.54) is 24.2 Å². The average molecular weight is 254 g/mol. The van der Waals surface area contributed by atoms with E-state index < -0.39 is 0 Å². The zero-order valence-electron chi connectivity index (χ0n) is 10.2. The van der Waals surface area contributed by atoms with Crippen LogP contribution in [0.4, 0.5) is 5.13 Å². The summed E-state index contributed by atoms with van der Waals surface area (Å²) in [6.45, 7) is 4.64. The Morgan fingerprint density at radius 2 is 2.24 bits per heavy atom. The monoisotopic (exact) mass is 254 g/mol. The standard InChI is InChI=1S/C11H18N4OS/c1-7(2)5-10-14-15-11(17-10)13-9(16)6-12-8-3-4-8/h7-8,12H,3-6H2,1-2H3,(H,13,15,16). The lowest BCUT2D eigenvalue weighted by Crippen LogP contribution is -2.29. The van der Waals surface area contributed by atoms with E-state index in [2.05, 4.69) is 34.7 Å². The first-order valence-corrected chi connectivity index (χ1v) is 6.80. The molecule has 0 atom stereocenters. The van der Waals surface area contributed by atoms with Crippen LogP contribution in [0.15, 0.2) is 0 Å². The highest BCUT2D eigenvalue weighted by atomic mass is 32.1. The van der Waals surface area contributed by atoms with Crippen LogP contribution in [-0.2, 0) is 11.2 Å². The van der Waals surface area contributed by atoms with Crippen molar-refractivity contribution in [1.82, 2.24) is 15.5 Å². The van der Waals surface area contributed by atoms with Gasteiger partial charge in [-0.2, -0.15) is 0 Å². The highest BCUT2D eigenvalue weighted by Crippen LogP contribution is 2.19. The summed E-state index contributed by atoms with van der Waals surface area (Å²) in [7, 11) is 0. The lowest BCUT2D eigenvalue weighted by molar-refractivity contribution is -0.115. The van der Waals surface area contributed by atoms with Crippen molar-refractivity contribution in [2.75, 3.05) is 11.9 Å². The molecule has 1 aliphatic rings. The van der Waals surface area contributed by atoms with E-state index in [9.17, 15) is 4.79 Å². The number of carbonyl (C=O) groups is 1. The predicted octanol–water partition coefficient (Wildman–Crippen LogP) is 1.43.